The van der Waals surface area contributed by atoms with E-state index in [1.165, 1.54) is 6.92 Å². The summed E-state index contributed by atoms with van der Waals surface area (Å²) >= 11 is 0. The number of benzene rings is 1. The molecule has 0 aliphatic carbocycles. The van der Waals surface area contributed by atoms with Gasteiger partial charge in [-0.25, -0.2) is 0 Å². The lowest BCUT2D eigenvalue weighted by Gasteiger charge is -2.25. The van der Waals surface area contributed by atoms with Gasteiger partial charge >= 0.3 is 0 Å². The molecule has 1 heterocycles. The van der Waals surface area contributed by atoms with Crippen LogP contribution in [0, 0.1) is 0 Å². The number of primary amides is 1. The van der Waals surface area contributed by atoms with Crippen LogP contribution in [-0.2, 0) is 9.59 Å². The van der Waals surface area contributed by atoms with Crippen molar-refractivity contribution in [1.29, 1.82) is 0 Å². The fourth-order valence-electron chi connectivity index (χ4n) is 2.41. The van der Waals surface area contributed by atoms with E-state index in [1.54, 1.807) is 29.2 Å². The molecule has 1 aliphatic heterocycles. The van der Waals surface area contributed by atoms with E-state index < -0.39 is 18.0 Å². The summed E-state index contributed by atoms with van der Waals surface area (Å²) in [6.45, 7) is 2.06. The average molecular weight is 289 g/mol. The van der Waals surface area contributed by atoms with Gasteiger partial charge in [-0.15, -0.1) is 0 Å². The second-order valence-corrected chi connectivity index (χ2v) is 5.16. The van der Waals surface area contributed by atoms with Gasteiger partial charge in [0.05, 0.1) is 0 Å². The van der Waals surface area contributed by atoms with Crippen LogP contribution in [0.5, 0.6) is 0 Å². The Morgan fingerprint density at radius 2 is 1.95 bits per heavy atom. The maximum Gasteiger partial charge on any atom is 0.254 e. The molecule has 21 heavy (non-hydrogen) atoms. The highest BCUT2D eigenvalue weighted by molar-refractivity contribution is 5.98. The number of nitrogens with zero attached hydrogens (tertiary/aromatic N) is 1. The first-order chi connectivity index (χ1) is 10.0. The van der Waals surface area contributed by atoms with E-state index in [2.05, 4.69) is 5.32 Å². The second-order valence-electron chi connectivity index (χ2n) is 5.16. The van der Waals surface area contributed by atoms with Crippen LogP contribution in [-0.4, -0.2) is 41.2 Å². The van der Waals surface area contributed by atoms with E-state index in [0.717, 1.165) is 6.42 Å². The van der Waals surface area contributed by atoms with Crippen molar-refractivity contribution in [2.24, 2.45) is 5.73 Å². The SMILES string of the molecule is C[C@H](NC(=O)[C@@H]1CCCN1C(=O)c1ccccc1)C(N)=O. The summed E-state index contributed by atoms with van der Waals surface area (Å²) < 4.78 is 0. The largest absolute Gasteiger partial charge is 0.368 e. The molecule has 1 aromatic rings. The molecule has 0 aromatic heterocycles. The highest BCUT2D eigenvalue weighted by atomic mass is 16.2. The zero-order chi connectivity index (χ0) is 15.4. The minimum absolute atomic E-state index is 0.167. The maximum absolute atomic E-state index is 12.4. The normalized spacial score (nSPS) is 19.1. The van der Waals surface area contributed by atoms with Crippen LogP contribution < -0.4 is 11.1 Å². The third kappa shape index (κ3) is 3.39. The Balaban J connectivity index is 2.08. The lowest BCUT2D eigenvalue weighted by atomic mass is 10.1. The van der Waals surface area contributed by atoms with Gasteiger partial charge in [0.2, 0.25) is 11.8 Å². The zero-order valence-electron chi connectivity index (χ0n) is 11.9. The van der Waals surface area contributed by atoms with E-state index in [9.17, 15) is 14.4 Å². The molecule has 0 unspecified atom stereocenters. The van der Waals surface area contributed by atoms with E-state index in [-0.39, 0.29) is 11.8 Å². The summed E-state index contributed by atoms with van der Waals surface area (Å²) in [4.78, 5) is 37.2. The molecule has 3 N–H and O–H groups in total. The summed E-state index contributed by atoms with van der Waals surface area (Å²) in [6, 6.07) is 7.57. The van der Waals surface area contributed by atoms with Crippen LogP contribution in [0.2, 0.25) is 0 Å². The molecule has 6 nitrogen and oxygen atoms in total. The molecule has 112 valence electrons. The van der Waals surface area contributed by atoms with Crippen molar-refractivity contribution in [3.63, 3.8) is 0 Å². The summed E-state index contributed by atoms with van der Waals surface area (Å²) in [5.74, 6) is -1.09. The van der Waals surface area contributed by atoms with Gasteiger partial charge in [-0.3, -0.25) is 14.4 Å². The number of rotatable bonds is 4. The molecule has 1 saturated heterocycles. The van der Waals surface area contributed by atoms with Crippen molar-refractivity contribution in [1.82, 2.24) is 10.2 Å². The van der Waals surface area contributed by atoms with Crippen molar-refractivity contribution in [2.75, 3.05) is 6.54 Å². The number of hydrogen-bond acceptors (Lipinski definition) is 3. The molecular formula is C15H19N3O3. The van der Waals surface area contributed by atoms with Gasteiger partial charge < -0.3 is 16.0 Å². The predicted octanol–water partition coefficient (Wildman–Crippen LogP) is 0.281. The molecule has 2 rings (SSSR count). The lowest BCUT2D eigenvalue weighted by Crippen LogP contribution is -2.51. The number of hydrogen-bond donors (Lipinski definition) is 2. The topological polar surface area (TPSA) is 92.5 Å². The third-order valence-corrected chi connectivity index (χ3v) is 3.62. The fraction of sp³-hybridized carbons (Fsp3) is 0.400. The summed E-state index contributed by atoms with van der Waals surface area (Å²) in [5.41, 5.74) is 5.69. The molecule has 0 bridgehead atoms. The van der Waals surface area contributed by atoms with Gasteiger partial charge in [-0.1, -0.05) is 18.2 Å². The van der Waals surface area contributed by atoms with Crippen LogP contribution in [0.4, 0.5) is 0 Å². The monoisotopic (exact) mass is 289 g/mol. The predicted molar refractivity (Wildman–Crippen MR) is 77.3 cm³/mol. The minimum atomic E-state index is -0.744. The second kappa shape index (κ2) is 6.39. The van der Waals surface area contributed by atoms with E-state index in [1.807, 2.05) is 6.07 Å². The van der Waals surface area contributed by atoms with E-state index in [4.69, 9.17) is 5.73 Å². The fourth-order valence-corrected chi connectivity index (χ4v) is 2.41. The first-order valence-electron chi connectivity index (χ1n) is 6.96. The van der Waals surface area contributed by atoms with Gasteiger partial charge in [0.25, 0.3) is 5.91 Å². The molecule has 1 aliphatic rings. The van der Waals surface area contributed by atoms with Crippen LogP contribution in [0.15, 0.2) is 30.3 Å². The Bertz CT molecular complexity index is 544. The number of carbonyl (C=O) groups is 3. The molecule has 1 aromatic carbocycles. The Hall–Kier alpha value is -2.37. The minimum Gasteiger partial charge on any atom is -0.368 e. The standard InChI is InChI=1S/C15H19N3O3/c1-10(13(16)19)17-14(20)12-8-5-9-18(12)15(21)11-6-3-2-4-7-11/h2-4,6-7,10,12H,5,8-9H2,1H3,(H2,16,19)(H,17,20)/t10-,12-/m0/s1. The molecule has 6 heteroatoms. The van der Waals surface area contributed by atoms with E-state index in [0.29, 0.717) is 18.5 Å². The van der Waals surface area contributed by atoms with Crippen molar-refractivity contribution in [3.05, 3.63) is 35.9 Å². The molecule has 2 atom stereocenters. The Morgan fingerprint density at radius 1 is 1.29 bits per heavy atom. The molecular weight excluding hydrogens is 270 g/mol. The number of amides is 3. The average Bonchev–Trinajstić information content (AvgIpc) is 2.96. The van der Waals surface area contributed by atoms with Gasteiger partial charge in [0.1, 0.15) is 12.1 Å². The third-order valence-electron chi connectivity index (χ3n) is 3.62. The molecule has 1 fully saturated rings. The van der Waals surface area contributed by atoms with Crippen molar-refractivity contribution in [3.8, 4) is 0 Å². The Labute approximate surface area is 123 Å². The smallest absolute Gasteiger partial charge is 0.254 e. The van der Waals surface area contributed by atoms with Gasteiger partial charge in [-0.2, -0.15) is 0 Å². The number of nitrogens with one attached hydrogen (secondary N) is 1. The highest BCUT2D eigenvalue weighted by Crippen LogP contribution is 2.20. The van der Waals surface area contributed by atoms with Gasteiger partial charge in [-0.05, 0) is 31.9 Å². The van der Waals surface area contributed by atoms with Crippen LogP contribution in [0.25, 0.3) is 0 Å². The summed E-state index contributed by atoms with van der Waals surface area (Å²) in [6.07, 6.45) is 1.36. The van der Waals surface area contributed by atoms with Crippen LogP contribution in [0.3, 0.4) is 0 Å². The molecule has 0 saturated carbocycles. The number of likely N-dealkylation sites (tertiary alicyclic amines) is 1. The first-order valence-corrected chi connectivity index (χ1v) is 6.96. The first kappa shape index (κ1) is 15.0. The van der Waals surface area contributed by atoms with Gasteiger partial charge in [0.15, 0.2) is 0 Å². The molecule has 0 radical (unpaired) electrons. The number of carbonyl (C=O) groups excluding carboxylic acids is 3. The zero-order valence-corrected chi connectivity index (χ0v) is 11.9. The van der Waals surface area contributed by atoms with Crippen molar-refractivity contribution >= 4 is 17.7 Å². The van der Waals surface area contributed by atoms with Gasteiger partial charge in [0, 0.05) is 12.1 Å². The quantitative estimate of drug-likeness (QED) is 0.834. The van der Waals surface area contributed by atoms with Crippen molar-refractivity contribution in [2.45, 2.75) is 31.8 Å². The molecule has 3 amide bonds. The van der Waals surface area contributed by atoms with Crippen molar-refractivity contribution < 1.29 is 14.4 Å². The number of nitrogens with two attached hydrogens (primary N) is 1. The van der Waals surface area contributed by atoms with Crippen LogP contribution in [0.1, 0.15) is 30.1 Å². The summed E-state index contributed by atoms with van der Waals surface area (Å²) in [5, 5.41) is 2.55. The Kier molecular flexibility index (Phi) is 4.57. The van der Waals surface area contributed by atoms with Crippen LogP contribution >= 0.6 is 0 Å². The highest BCUT2D eigenvalue weighted by Gasteiger charge is 2.35. The van der Waals surface area contributed by atoms with E-state index >= 15 is 0 Å². The molecule has 0 spiro atoms. The lowest BCUT2D eigenvalue weighted by molar-refractivity contribution is -0.129. The maximum atomic E-state index is 12.4. The Morgan fingerprint density at radius 3 is 2.57 bits per heavy atom. The summed E-state index contributed by atoms with van der Waals surface area (Å²) in [7, 11) is 0.